The van der Waals surface area contributed by atoms with Crippen molar-refractivity contribution < 1.29 is 24.2 Å². The summed E-state index contributed by atoms with van der Waals surface area (Å²) in [6, 6.07) is 16.5. The Morgan fingerprint density at radius 2 is 1.57 bits per heavy atom. The Kier molecular flexibility index (Phi) is 10.6. The zero-order valence-electron chi connectivity index (χ0n) is 25.2. The normalized spacial score (nSPS) is 12.8. The molecular weight excluding hydrogens is 554 g/mol. The van der Waals surface area contributed by atoms with Crippen LogP contribution in [0.2, 0.25) is 5.02 Å². The van der Waals surface area contributed by atoms with Crippen molar-refractivity contribution in [2.75, 3.05) is 5.32 Å². The van der Waals surface area contributed by atoms with Crippen molar-refractivity contribution >= 4 is 35.2 Å². The van der Waals surface area contributed by atoms with Crippen LogP contribution >= 0.6 is 11.6 Å². The van der Waals surface area contributed by atoms with Crippen LogP contribution in [-0.4, -0.2) is 45.6 Å². The van der Waals surface area contributed by atoms with E-state index in [4.69, 9.17) is 16.3 Å². The number of alkyl carbamates (subject to hydrolysis) is 1. The van der Waals surface area contributed by atoms with E-state index in [1.54, 1.807) is 45.0 Å². The Morgan fingerprint density at radius 3 is 2.12 bits per heavy atom. The van der Waals surface area contributed by atoms with Gasteiger partial charge in [-0.2, -0.15) is 0 Å². The molecule has 2 unspecified atom stereocenters. The summed E-state index contributed by atoms with van der Waals surface area (Å²) in [5.41, 5.74) is 2.76. The number of phenols is 1. The number of ether oxygens (including phenoxy) is 1. The molecule has 224 valence electrons. The lowest BCUT2D eigenvalue weighted by Crippen LogP contribution is -2.55. The fourth-order valence-electron chi connectivity index (χ4n) is 4.55. The maximum absolute atomic E-state index is 14.4. The van der Waals surface area contributed by atoms with Gasteiger partial charge in [0.1, 0.15) is 23.4 Å². The lowest BCUT2D eigenvalue weighted by molar-refractivity contribution is -0.142. The molecule has 0 aliphatic heterocycles. The van der Waals surface area contributed by atoms with E-state index in [1.165, 1.54) is 17.0 Å². The van der Waals surface area contributed by atoms with E-state index < -0.39 is 41.6 Å². The van der Waals surface area contributed by atoms with Crippen LogP contribution in [0.25, 0.3) is 0 Å². The molecule has 0 radical (unpaired) electrons. The highest BCUT2D eigenvalue weighted by molar-refractivity contribution is 6.34. The van der Waals surface area contributed by atoms with Gasteiger partial charge < -0.3 is 25.4 Å². The maximum atomic E-state index is 14.4. The Hall–Kier alpha value is -4.04. The Labute approximate surface area is 253 Å². The summed E-state index contributed by atoms with van der Waals surface area (Å²) in [6.07, 6.45) is -0.653. The monoisotopic (exact) mass is 593 g/mol. The van der Waals surface area contributed by atoms with Gasteiger partial charge in [0.15, 0.2) is 0 Å². The number of halogens is 1. The zero-order valence-corrected chi connectivity index (χ0v) is 26.0. The Balaban J connectivity index is 2.07. The highest BCUT2D eigenvalue weighted by Gasteiger charge is 2.38. The smallest absolute Gasteiger partial charge is 0.408 e. The highest BCUT2D eigenvalue weighted by atomic mass is 35.5. The largest absolute Gasteiger partial charge is 0.508 e. The third kappa shape index (κ3) is 8.73. The third-order valence-corrected chi connectivity index (χ3v) is 6.88. The molecule has 0 saturated heterocycles. The van der Waals surface area contributed by atoms with E-state index in [0.29, 0.717) is 21.8 Å². The first kappa shape index (κ1) is 32.5. The van der Waals surface area contributed by atoms with Crippen molar-refractivity contribution in [3.05, 3.63) is 94.0 Å². The predicted octanol–water partition coefficient (Wildman–Crippen LogP) is 6.72. The first-order valence-electron chi connectivity index (χ1n) is 13.9. The summed E-state index contributed by atoms with van der Waals surface area (Å²) in [4.78, 5) is 42.9. The standard InChI is InChI=1S/C33H40ClN3O5/c1-20(2)37(31(40)27(35-32(41)42-33(5,6)7)19-23-13-17-25(38)18-14-23)29(24-15-11-21(3)12-16-24)30(39)36-28-22(4)9-8-10-26(28)34/h8-18,20,27,29,38H,19H2,1-7H3,(H,35,41)(H,36,39). The lowest BCUT2D eigenvalue weighted by Gasteiger charge is -2.37. The summed E-state index contributed by atoms with van der Waals surface area (Å²) in [6.45, 7) is 12.6. The molecule has 0 spiro atoms. The van der Waals surface area contributed by atoms with Crippen LogP contribution in [0.4, 0.5) is 10.5 Å². The summed E-state index contributed by atoms with van der Waals surface area (Å²) in [5, 5.41) is 15.8. The van der Waals surface area contributed by atoms with Crippen LogP contribution < -0.4 is 10.6 Å². The van der Waals surface area contributed by atoms with Crippen LogP contribution in [0, 0.1) is 13.8 Å². The third-order valence-electron chi connectivity index (χ3n) is 6.57. The number of aryl methyl sites for hydroxylation is 2. The molecule has 0 saturated carbocycles. The number of benzene rings is 3. The Bertz CT molecular complexity index is 1380. The van der Waals surface area contributed by atoms with Crippen LogP contribution in [-0.2, 0) is 20.7 Å². The molecule has 9 heteroatoms. The molecule has 0 aromatic heterocycles. The molecule has 0 aliphatic carbocycles. The second kappa shape index (κ2) is 13.7. The number of nitrogens with one attached hydrogen (secondary N) is 2. The van der Waals surface area contributed by atoms with E-state index in [9.17, 15) is 19.5 Å². The van der Waals surface area contributed by atoms with Gasteiger partial charge in [0, 0.05) is 12.5 Å². The van der Waals surface area contributed by atoms with Gasteiger partial charge in [0.25, 0.3) is 5.91 Å². The number of phenolic OH excluding ortho intramolecular Hbond substituents is 1. The van der Waals surface area contributed by atoms with Gasteiger partial charge in [-0.3, -0.25) is 9.59 Å². The predicted molar refractivity (Wildman–Crippen MR) is 166 cm³/mol. The second-order valence-corrected chi connectivity index (χ2v) is 12.1. The van der Waals surface area contributed by atoms with Crippen molar-refractivity contribution in [2.45, 2.75) is 78.6 Å². The first-order chi connectivity index (χ1) is 19.7. The number of amides is 3. The van der Waals surface area contributed by atoms with E-state index >= 15 is 0 Å². The molecular formula is C33H40ClN3O5. The molecule has 0 bridgehead atoms. The summed E-state index contributed by atoms with van der Waals surface area (Å²) in [7, 11) is 0. The molecule has 3 N–H and O–H groups in total. The van der Waals surface area contributed by atoms with Crippen molar-refractivity contribution in [2.24, 2.45) is 0 Å². The molecule has 3 amide bonds. The average molecular weight is 594 g/mol. The summed E-state index contributed by atoms with van der Waals surface area (Å²) < 4.78 is 5.47. The number of aromatic hydroxyl groups is 1. The number of hydrogen-bond acceptors (Lipinski definition) is 5. The number of rotatable bonds is 9. The molecule has 3 aromatic rings. The number of anilines is 1. The van der Waals surface area contributed by atoms with Crippen LogP contribution in [0.15, 0.2) is 66.7 Å². The number of para-hydroxylation sites is 1. The van der Waals surface area contributed by atoms with E-state index in [1.807, 2.05) is 58.0 Å². The molecule has 0 aliphatic rings. The number of hydrogen-bond donors (Lipinski definition) is 3. The van der Waals surface area contributed by atoms with Crippen molar-refractivity contribution in [3.8, 4) is 5.75 Å². The SMILES string of the molecule is Cc1ccc(C(C(=O)Nc2c(C)cccc2Cl)N(C(=O)C(Cc2ccc(O)cc2)NC(=O)OC(C)(C)C)C(C)C)cc1. The number of nitrogens with zero attached hydrogens (tertiary/aromatic N) is 1. The topological polar surface area (TPSA) is 108 Å². The number of carbonyl (C=O) groups excluding carboxylic acids is 3. The minimum atomic E-state index is -1.07. The lowest BCUT2D eigenvalue weighted by atomic mass is 9.98. The average Bonchev–Trinajstić information content (AvgIpc) is 2.89. The van der Waals surface area contributed by atoms with Gasteiger partial charge in [0.2, 0.25) is 5.91 Å². The van der Waals surface area contributed by atoms with Gasteiger partial charge in [-0.25, -0.2) is 4.79 Å². The van der Waals surface area contributed by atoms with E-state index in [-0.39, 0.29) is 12.2 Å². The van der Waals surface area contributed by atoms with Crippen molar-refractivity contribution in [3.63, 3.8) is 0 Å². The minimum absolute atomic E-state index is 0.0801. The fraction of sp³-hybridized carbons (Fsp3) is 0.364. The van der Waals surface area contributed by atoms with E-state index in [0.717, 1.165) is 11.1 Å². The van der Waals surface area contributed by atoms with Crippen molar-refractivity contribution in [1.82, 2.24) is 10.2 Å². The summed E-state index contributed by atoms with van der Waals surface area (Å²) in [5.74, 6) is -0.838. The summed E-state index contributed by atoms with van der Waals surface area (Å²) >= 11 is 6.44. The van der Waals surface area contributed by atoms with Gasteiger partial charge in [-0.1, -0.05) is 65.7 Å². The number of carbonyl (C=O) groups is 3. The van der Waals surface area contributed by atoms with Crippen LogP contribution in [0.1, 0.15) is 62.9 Å². The maximum Gasteiger partial charge on any atom is 0.408 e. The molecule has 3 rings (SSSR count). The quantitative estimate of drug-likeness (QED) is 0.255. The van der Waals surface area contributed by atoms with Crippen LogP contribution in [0.5, 0.6) is 5.75 Å². The second-order valence-electron chi connectivity index (χ2n) is 11.6. The first-order valence-corrected chi connectivity index (χ1v) is 14.3. The highest BCUT2D eigenvalue weighted by Crippen LogP contribution is 2.31. The van der Waals surface area contributed by atoms with Gasteiger partial charge in [-0.15, -0.1) is 0 Å². The molecule has 3 aromatic carbocycles. The van der Waals surface area contributed by atoms with E-state index in [2.05, 4.69) is 10.6 Å². The van der Waals surface area contributed by atoms with Gasteiger partial charge >= 0.3 is 6.09 Å². The molecule has 0 fully saturated rings. The van der Waals surface area contributed by atoms with Gasteiger partial charge in [-0.05, 0) is 83.4 Å². The van der Waals surface area contributed by atoms with Crippen LogP contribution in [0.3, 0.4) is 0 Å². The van der Waals surface area contributed by atoms with Gasteiger partial charge in [0.05, 0.1) is 10.7 Å². The fourth-order valence-corrected chi connectivity index (χ4v) is 4.82. The van der Waals surface area contributed by atoms with Crippen molar-refractivity contribution in [1.29, 1.82) is 0 Å². The molecule has 8 nitrogen and oxygen atoms in total. The molecule has 42 heavy (non-hydrogen) atoms. The minimum Gasteiger partial charge on any atom is -0.508 e. The molecule has 2 atom stereocenters. The molecule has 0 heterocycles. The zero-order chi connectivity index (χ0) is 31.2. The Morgan fingerprint density at radius 1 is 0.952 bits per heavy atom.